The van der Waals surface area contributed by atoms with Gasteiger partial charge in [0.05, 0.1) is 23.6 Å². The number of nitrogens with zero attached hydrogens (tertiary/aromatic N) is 1. The topological polar surface area (TPSA) is 233 Å². The van der Waals surface area contributed by atoms with Crippen molar-refractivity contribution >= 4 is 41.3 Å². The number of nitrogens with two attached hydrogens (primary N) is 1. The van der Waals surface area contributed by atoms with Crippen LogP contribution in [-0.4, -0.2) is 110 Å². The van der Waals surface area contributed by atoms with Crippen LogP contribution in [0, 0.1) is 11.8 Å². The van der Waals surface area contributed by atoms with Gasteiger partial charge in [0.2, 0.25) is 17.5 Å². The van der Waals surface area contributed by atoms with Gasteiger partial charge in [0.1, 0.15) is 6.10 Å². The number of Topliss-reactive ketones (excluding diaryl/α,β-unsaturated/α-hetero) is 1. The molecular formula is C39H53N5O11. The van der Waals surface area contributed by atoms with Crippen LogP contribution in [0.25, 0.3) is 0 Å². The number of ketones is 2. The zero-order valence-corrected chi connectivity index (χ0v) is 32.2. The highest BCUT2D eigenvalue weighted by atomic mass is 16.6. The van der Waals surface area contributed by atoms with Gasteiger partial charge in [-0.25, -0.2) is 4.79 Å². The third-order valence-electron chi connectivity index (χ3n) is 9.46. The van der Waals surface area contributed by atoms with Crippen LogP contribution in [0.4, 0.5) is 4.79 Å². The number of aliphatic hydroxyl groups is 1. The van der Waals surface area contributed by atoms with Gasteiger partial charge in [0.15, 0.2) is 6.10 Å². The third-order valence-corrected chi connectivity index (χ3v) is 9.46. The van der Waals surface area contributed by atoms with E-state index in [1.54, 1.807) is 26.0 Å². The Kier molecular flexibility index (Phi) is 16.9. The number of rotatable bonds is 12. The highest BCUT2D eigenvalue weighted by Gasteiger charge is 2.33. The zero-order valence-electron chi connectivity index (χ0n) is 32.2. The van der Waals surface area contributed by atoms with E-state index >= 15 is 0 Å². The van der Waals surface area contributed by atoms with Crippen molar-refractivity contribution in [1.29, 1.82) is 0 Å². The lowest BCUT2D eigenvalue weighted by Crippen LogP contribution is -2.38. The Morgan fingerprint density at radius 3 is 2.35 bits per heavy atom. The standard InChI is InChI=1S/C39H53N5O11/c1-22-18-26-34(42-16-9-15-41-31(46)12-8-17-44-32(47)13-14-33(44)48)28(45)21-27(36(26)50)43-38(51)23(2)10-7-11-29(53-5)37(55-39(40)52)25(4)20-24(3)35(49)30(19-22)54-6/h7,10-11,13-14,20-22,24,29-30,35,37,42,49H,8-9,12,15-19H2,1-6H3,(H2,40,52)(H,41,46)(H,43,51)/b11-7-,23-10+,25-20+/t22-,24+,29+,30+,35-,37+/m1/s1. The van der Waals surface area contributed by atoms with Gasteiger partial charge in [-0.1, -0.05) is 38.2 Å². The van der Waals surface area contributed by atoms with E-state index in [4.69, 9.17) is 19.9 Å². The van der Waals surface area contributed by atoms with Crippen molar-refractivity contribution in [1.82, 2.24) is 20.9 Å². The minimum absolute atomic E-state index is 0.0726. The van der Waals surface area contributed by atoms with E-state index < -0.39 is 65.7 Å². The second-order valence-corrected chi connectivity index (χ2v) is 13.8. The molecule has 55 heavy (non-hydrogen) atoms. The first-order chi connectivity index (χ1) is 26.1. The Hall–Kier alpha value is -5.19. The van der Waals surface area contributed by atoms with Crippen LogP contribution in [0.2, 0.25) is 0 Å². The van der Waals surface area contributed by atoms with Gasteiger partial charge >= 0.3 is 6.09 Å². The van der Waals surface area contributed by atoms with Gasteiger partial charge in [-0.05, 0) is 51.0 Å². The Morgan fingerprint density at radius 1 is 1.02 bits per heavy atom. The predicted molar refractivity (Wildman–Crippen MR) is 200 cm³/mol. The van der Waals surface area contributed by atoms with Crippen LogP contribution >= 0.6 is 0 Å². The average Bonchev–Trinajstić information content (AvgIpc) is 3.45. The molecule has 1 aliphatic carbocycles. The summed E-state index contributed by atoms with van der Waals surface area (Å²) in [5, 5.41) is 19.8. The normalized spacial score (nSPS) is 28.2. The van der Waals surface area contributed by atoms with Gasteiger partial charge in [-0.2, -0.15) is 0 Å². The molecule has 0 aromatic carbocycles. The highest BCUT2D eigenvalue weighted by Crippen LogP contribution is 2.29. The molecule has 0 saturated carbocycles. The number of fused-ring (bicyclic) bond motifs is 2. The van der Waals surface area contributed by atoms with Crippen molar-refractivity contribution < 1.29 is 52.9 Å². The fourth-order valence-corrected chi connectivity index (χ4v) is 6.45. The molecule has 2 heterocycles. The summed E-state index contributed by atoms with van der Waals surface area (Å²) in [6.07, 6.45) is 6.42. The molecule has 5 amide bonds. The molecule has 3 aliphatic rings. The number of allylic oxidation sites excluding steroid dienone is 4. The summed E-state index contributed by atoms with van der Waals surface area (Å²) in [6.45, 7) is 7.49. The molecule has 0 fully saturated rings. The van der Waals surface area contributed by atoms with E-state index in [1.807, 2.05) is 6.92 Å². The number of ether oxygens (including phenoxy) is 3. The van der Waals surface area contributed by atoms with Crippen molar-refractivity contribution in [2.45, 2.75) is 84.2 Å². The number of imide groups is 1. The second-order valence-electron chi connectivity index (χ2n) is 13.8. The van der Waals surface area contributed by atoms with Crippen molar-refractivity contribution in [3.05, 3.63) is 70.6 Å². The number of nitrogens with one attached hydrogen (secondary N) is 3. The first-order valence-corrected chi connectivity index (χ1v) is 18.2. The smallest absolute Gasteiger partial charge is 0.405 e. The molecule has 0 spiro atoms. The number of primary amides is 1. The molecule has 0 radical (unpaired) electrons. The summed E-state index contributed by atoms with van der Waals surface area (Å²) in [7, 11) is 2.88. The molecule has 0 saturated heterocycles. The monoisotopic (exact) mass is 767 g/mol. The van der Waals surface area contributed by atoms with Gasteiger partial charge in [0.25, 0.3) is 17.7 Å². The number of methoxy groups -OCH3 is 2. The Balaban J connectivity index is 1.81. The molecule has 2 aliphatic heterocycles. The lowest BCUT2D eigenvalue weighted by Gasteiger charge is -2.30. The number of amides is 5. The third kappa shape index (κ3) is 12.7. The SMILES string of the molecule is CO[C@H]1/C=C\C=C(/C)C(=O)NC2=CC(=O)C(NCCCNC(=O)CCCN3C(=O)C=CC3=O)=C(C[C@@H](C)C[C@H](OC)[C@H](O)[C@@H](C)/C=C(\C)[C@@H]1OC(N)=O)C2=O. The highest BCUT2D eigenvalue weighted by molar-refractivity contribution is 6.23. The number of carbonyl (C=O) groups is 7. The van der Waals surface area contributed by atoms with Crippen LogP contribution in [0.3, 0.4) is 0 Å². The number of hydrogen-bond acceptors (Lipinski definition) is 12. The first-order valence-electron chi connectivity index (χ1n) is 18.2. The first kappa shape index (κ1) is 44.2. The molecule has 0 unspecified atom stereocenters. The van der Waals surface area contributed by atoms with Gasteiger partial charge in [0, 0.05) is 75.6 Å². The molecule has 0 aromatic rings. The summed E-state index contributed by atoms with van der Waals surface area (Å²) in [6, 6.07) is 0. The lowest BCUT2D eigenvalue weighted by atomic mass is 9.85. The molecule has 0 aromatic heterocycles. The molecule has 16 nitrogen and oxygen atoms in total. The minimum Gasteiger partial charge on any atom is -0.439 e. The van der Waals surface area contributed by atoms with Crippen molar-refractivity contribution in [3.8, 4) is 0 Å². The Morgan fingerprint density at radius 2 is 1.71 bits per heavy atom. The number of aliphatic hydroxyl groups excluding tert-OH is 1. The molecule has 6 N–H and O–H groups in total. The lowest BCUT2D eigenvalue weighted by molar-refractivity contribution is -0.137. The summed E-state index contributed by atoms with van der Waals surface area (Å²) in [4.78, 5) is 89.2. The maximum absolute atomic E-state index is 13.9. The zero-order chi connectivity index (χ0) is 40.8. The van der Waals surface area contributed by atoms with E-state index in [2.05, 4.69) is 16.0 Å². The summed E-state index contributed by atoms with van der Waals surface area (Å²) in [5.74, 6) is -3.56. The average molecular weight is 768 g/mol. The van der Waals surface area contributed by atoms with Gasteiger partial charge < -0.3 is 41.0 Å². The van der Waals surface area contributed by atoms with Crippen LogP contribution in [0.1, 0.15) is 59.8 Å². The minimum atomic E-state index is -1.03. The number of hydrogen-bond donors (Lipinski definition) is 5. The second kappa shape index (κ2) is 21.0. The molecule has 16 heteroatoms. The summed E-state index contributed by atoms with van der Waals surface area (Å²) < 4.78 is 16.7. The van der Waals surface area contributed by atoms with E-state index in [0.717, 1.165) is 11.0 Å². The fraction of sp³-hybridized carbons (Fsp3) is 0.513. The Bertz CT molecular complexity index is 1670. The van der Waals surface area contributed by atoms with Crippen molar-refractivity contribution in [2.75, 3.05) is 33.9 Å². The van der Waals surface area contributed by atoms with Crippen LogP contribution < -0.4 is 21.7 Å². The van der Waals surface area contributed by atoms with Crippen LogP contribution in [0.15, 0.2) is 70.6 Å². The van der Waals surface area contributed by atoms with Crippen LogP contribution in [-0.2, 0) is 43.0 Å². The molecular weight excluding hydrogens is 714 g/mol. The maximum atomic E-state index is 13.9. The summed E-state index contributed by atoms with van der Waals surface area (Å²) in [5.41, 5.74) is 6.15. The Labute approximate surface area is 320 Å². The summed E-state index contributed by atoms with van der Waals surface area (Å²) >= 11 is 0. The molecule has 6 atom stereocenters. The van der Waals surface area contributed by atoms with E-state index in [-0.39, 0.29) is 73.3 Å². The van der Waals surface area contributed by atoms with Crippen molar-refractivity contribution in [3.63, 3.8) is 0 Å². The molecule has 300 valence electrons. The van der Waals surface area contributed by atoms with Gasteiger partial charge in [-0.15, -0.1) is 0 Å². The predicted octanol–water partition coefficient (Wildman–Crippen LogP) is 1.56. The largest absolute Gasteiger partial charge is 0.439 e. The number of carbonyl (C=O) groups excluding carboxylic acids is 7. The van der Waals surface area contributed by atoms with Crippen molar-refractivity contribution in [2.24, 2.45) is 17.6 Å². The van der Waals surface area contributed by atoms with E-state index in [0.29, 0.717) is 18.4 Å². The fourth-order valence-electron chi connectivity index (χ4n) is 6.45. The van der Waals surface area contributed by atoms with Gasteiger partial charge in [-0.3, -0.25) is 33.7 Å². The molecule has 3 rings (SSSR count). The van der Waals surface area contributed by atoms with E-state index in [9.17, 15) is 38.7 Å². The molecule has 2 bridgehead atoms. The van der Waals surface area contributed by atoms with E-state index in [1.165, 1.54) is 45.4 Å². The van der Waals surface area contributed by atoms with Crippen LogP contribution in [0.5, 0.6) is 0 Å². The quantitative estimate of drug-likeness (QED) is 0.0825. The maximum Gasteiger partial charge on any atom is 0.405 e.